The minimum atomic E-state index is -2.08. The van der Waals surface area contributed by atoms with Crippen molar-refractivity contribution in [1.29, 1.82) is 0 Å². The normalized spacial score (nSPS) is 24.4. The summed E-state index contributed by atoms with van der Waals surface area (Å²) < 4.78 is 6.27. The number of benzene rings is 3. The second kappa shape index (κ2) is 7.44. The van der Waals surface area contributed by atoms with Crippen molar-refractivity contribution in [2.45, 2.75) is 25.6 Å². The molecule has 35 heavy (non-hydrogen) atoms. The molecule has 2 saturated heterocycles. The maximum Gasteiger partial charge on any atom is 0.241 e. The maximum absolute atomic E-state index is 14.0. The van der Waals surface area contributed by atoms with Gasteiger partial charge in [-0.15, -0.1) is 0 Å². The van der Waals surface area contributed by atoms with Crippen LogP contribution < -0.4 is 4.90 Å². The molecule has 7 heteroatoms. The van der Waals surface area contributed by atoms with Gasteiger partial charge < -0.3 is 4.74 Å². The number of rotatable bonds is 2. The van der Waals surface area contributed by atoms with Gasteiger partial charge in [0.15, 0.2) is 0 Å². The molecule has 0 bridgehead atoms. The number of hydrogen-bond donors (Lipinski definition) is 0. The third-order valence-corrected chi connectivity index (χ3v) is 7.43. The number of aryl methyl sites for hydroxylation is 2. The summed E-state index contributed by atoms with van der Waals surface area (Å²) in [4.78, 5) is 56.5. The highest BCUT2D eigenvalue weighted by atomic mass is 35.5. The SMILES string of the molecule is Cc1cc(C)cc(N2C(=O)[C@@H]3[C@@H](c4ccc(Cl)cc4)OC4(C(=O)c5ccccc5C4=O)[C@@H]3C2=O)c1. The van der Waals surface area contributed by atoms with Crippen molar-refractivity contribution >= 4 is 40.7 Å². The lowest BCUT2D eigenvalue weighted by Crippen LogP contribution is -2.51. The molecule has 0 saturated carbocycles. The standard InChI is InChI=1S/C28H20ClNO5/c1-14-11-15(2)13-18(12-14)30-26(33)21-22(27(30)34)28(35-23(21)16-7-9-17(29)10-8-16)24(31)19-5-3-4-6-20(19)25(28)32/h3-13,21-23H,1-2H3/t21-,22-,23+/m0/s1. The largest absolute Gasteiger partial charge is 0.349 e. The van der Waals surface area contributed by atoms with Gasteiger partial charge in [0.1, 0.15) is 0 Å². The lowest BCUT2D eigenvalue weighted by molar-refractivity contribution is -0.127. The number of amides is 2. The molecular formula is C28H20ClNO5. The number of hydrogen-bond acceptors (Lipinski definition) is 5. The fourth-order valence-electron chi connectivity index (χ4n) is 5.80. The van der Waals surface area contributed by atoms with Crippen molar-refractivity contribution < 1.29 is 23.9 Å². The molecule has 0 unspecified atom stereocenters. The van der Waals surface area contributed by atoms with Crippen LogP contribution in [0.5, 0.6) is 0 Å². The van der Waals surface area contributed by atoms with Crippen LogP contribution in [0.1, 0.15) is 43.5 Å². The van der Waals surface area contributed by atoms with Crippen molar-refractivity contribution in [3.05, 3.63) is 99.6 Å². The van der Waals surface area contributed by atoms with Gasteiger partial charge in [0.05, 0.1) is 23.6 Å². The molecule has 2 aliphatic heterocycles. The van der Waals surface area contributed by atoms with Crippen LogP contribution in [-0.2, 0) is 14.3 Å². The van der Waals surface area contributed by atoms with E-state index in [9.17, 15) is 19.2 Å². The fraction of sp³-hybridized carbons (Fsp3) is 0.214. The first-order chi connectivity index (χ1) is 16.7. The van der Waals surface area contributed by atoms with E-state index >= 15 is 0 Å². The van der Waals surface area contributed by atoms with Gasteiger partial charge >= 0.3 is 0 Å². The van der Waals surface area contributed by atoms with E-state index in [1.165, 1.54) is 0 Å². The number of imide groups is 1. The zero-order valence-electron chi connectivity index (χ0n) is 18.9. The number of fused-ring (bicyclic) bond motifs is 3. The minimum Gasteiger partial charge on any atom is -0.349 e. The van der Waals surface area contributed by atoms with Crippen LogP contribution in [0.4, 0.5) is 5.69 Å². The van der Waals surface area contributed by atoms with Crippen LogP contribution in [0.2, 0.25) is 5.02 Å². The number of ether oxygens (including phenoxy) is 1. The van der Waals surface area contributed by atoms with Gasteiger partial charge in [0.2, 0.25) is 29.0 Å². The van der Waals surface area contributed by atoms with Crippen molar-refractivity contribution in [2.24, 2.45) is 11.8 Å². The average Bonchev–Trinajstić information content (AvgIpc) is 3.39. The Morgan fingerprint density at radius 1 is 0.800 bits per heavy atom. The van der Waals surface area contributed by atoms with E-state index in [2.05, 4.69) is 0 Å². The van der Waals surface area contributed by atoms with E-state index in [4.69, 9.17) is 16.3 Å². The summed E-state index contributed by atoms with van der Waals surface area (Å²) in [6.45, 7) is 3.76. The van der Waals surface area contributed by atoms with Gasteiger partial charge in [-0.1, -0.05) is 54.1 Å². The number of nitrogens with zero attached hydrogens (tertiary/aromatic N) is 1. The Bertz CT molecular complexity index is 1410. The number of carbonyl (C=O) groups is 4. The molecular weight excluding hydrogens is 466 g/mol. The van der Waals surface area contributed by atoms with Crippen LogP contribution in [0.3, 0.4) is 0 Å². The van der Waals surface area contributed by atoms with E-state index in [-0.39, 0.29) is 11.1 Å². The number of Topliss-reactive ketones (excluding diaryl/α,β-unsaturated/α-hetero) is 2. The van der Waals surface area contributed by atoms with Gasteiger partial charge in [0.25, 0.3) is 0 Å². The monoisotopic (exact) mass is 485 g/mol. The molecule has 2 fully saturated rings. The van der Waals surface area contributed by atoms with Crippen LogP contribution in [0, 0.1) is 25.7 Å². The van der Waals surface area contributed by atoms with Crippen LogP contribution in [-0.4, -0.2) is 29.0 Å². The van der Waals surface area contributed by atoms with Gasteiger partial charge in [-0.05, 0) is 54.8 Å². The first-order valence-electron chi connectivity index (χ1n) is 11.3. The van der Waals surface area contributed by atoms with E-state index in [1.807, 2.05) is 19.9 Å². The van der Waals surface area contributed by atoms with Crippen molar-refractivity contribution in [3.63, 3.8) is 0 Å². The third kappa shape index (κ3) is 2.87. The second-order valence-corrected chi connectivity index (χ2v) is 9.83. The molecule has 6 rings (SSSR count). The number of anilines is 1. The number of carbonyl (C=O) groups excluding carboxylic acids is 4. The summed E-state index contributed by atoms with van der Waals surface area (Å²) in [5.41, 5.74) is 1.10. The maximum atomic E-state index is 14.0. The lowest BCUT2D eigenvalue weighted by atomic mass is 9.77. The Morgan fingerprint density at radius 2 is 1.37 bits per heavy atom. The molecule has 2 amide bonds. The number of ketones is 2. The topological polar surface area (TPSA) is 80.8 Å². The lowest BCUT2D eigenvalue weighted by Gasteiger charge is -2.27. The highest BCUT2D eigenvalue weighted by Gasteiger charge is 2.74. The predicted molar refractivity (Wildman–Crippen MR) is 129 cm³/mol. The molecule has 1 spiro atoms. The average molecular weight is 486 g/mol. The van der Waals surface area contributed by atoms with Crippen molar-refractivity contribution in [3.8, 4) is 0 Å². The van der Waals surface area contributed by atoms with Crippen molar-refractivity contribution in [2.75, 3.05) is 4.90 Å². The molecule has 0 aromatic heterocycles. The molecule has 3 aliphatic rings. The van der Waals surface area contributed by atoms with E-state index < -0.39 is 46.9 Å². The summed E-state index contributed by atoms with van der Waals surface area (Å²) in [7, 11) is 0. The third-order valence-electron chi connectivity index (χ3n) is 7.18. The summed E-state index contributed by atoms with van der Waals surface area (Å²) in [6, 6.07) is 18.6. The Labute approximate surface area is 206 Å². The van der Waals surface area contributed by atoms with Crippen LogP contribution in [0.15, 0.2) is 66.7 Å². The first kappa shape index (κ1) is 21.9. The quantitative estimate of drug-likeness (QED) is 0.390. The second-order valence-electron chi connectivity index (χ2n) is 9.39. The van der Waals surface area contributed by atoms with Gasteiger partial charge in [-0.3, -0.25) is 19.2 Å². The summed E-state index contributed by atoms with van der Waals surface area (Å²) in [6.07, 6.45) is -0.966. The molecule has 3 aromatic rings. The Balaban J connectivity index is 1.55. The van der Waals surface area contributed by atoms with Gasteiger partial charge in [-0.2, -0.15) is 0 Å². The molecule has 3 atom stereocenters. The van der Waals surface area contributed by atoms with E-state index in [0.717, 1.165) is 16.0 Å². The summed E-state index contributed by atoms with van der Waals surface area (Å²) >= 11 is 6.06. The molecule has 3 aromatic carbocycles. The molecule has 0 radical (unpaired) electrons. The molecule has 2 heterocycles. The highest BCUT2D eigenvalue weighted by Crippen LogP contribution is 2.57. The van der Waals surface area contributed by atoms with E-state index in [1.54, 1.807) is 60.7 Å². The molecule has 6 nitrogen and oxygen atoms in total. The molecule has 0 N–H and O–H groups in total. The highest BCUT2D eigenvalue weighted by molar-refractivity contribution is 6.37. The Morgan fingerprint density at radius 3 is 1.94 bits per heavy atom. The smallest absolute Gasteiger partial charge is 0.241 e. The van der Waals surface area contributed by atoms with Crippen LogP contribution >= 0.6 is 11.6 Å². The van der Waals surface area contributed by atoms with Crippen LogP contribution in [0.25, 0.3) is 0 Å². The Kier molecular flexibility index (Phi) is 4.66. The van der Waals surface area contributed by atoms with Gasteiger partial charge in [-0.25, -0.2) is 4.90 Å². The molecule has 1 aliphatic carbocycles. The Hall–Kier alpha value is -3.61. The van der Waals surface area contributed by atoms with Gasteiger partial charge in [0, 0.05) is 16.1 Å². The first-order valence-corrected chi connectivity index (χ1v) is 11.7. The molecule has 174 valence electrons. The fourth-order valence-corrected chi connectivity index (χ4v) is 5.93. The zero-order valence-corrected chi connectivity index (χ0v) is 19.7. The summed E-state index contributed by atoms with van der Waals surface area (Å²) in [5, 5.41) is 0.490. The van der Waals surface area contributed by atoms with Crippen molar-refractivity contribution in [1.82, 2.24) is 0 Å². The predicted octanol–water partition coefficient (Wildman–Crippen LogP) is 4.65. The van der Waals surface area contributed by atoms with E-state index in [0.29, 0.717) is 16.3 Å². The number of halogens is 1. The summed E-state index contributed by atoms with van der Waals surface area (Å²) in [5.74, 6) is -4.55. The minimum absolute atomic E-state index is 0.207. The zero-order chi connectivity index (χ0) is 24.6.